The first-order valence-corrected chi connectivity index (χ1v) is 16.4. The number of benzene rings is 5. The van der Waals surface area contributed by atoms with Crippen molar-refractivity contribution >= 4 is 43.6 Å². The van der Waals surface area contributed by atoms with Crippen LogP contribution < -0.4 is 0 Å². The summed E-state index contributed by atoms with van der Waals surface area (Å²) in [6.07, 6.45) is 11.8. The Kier molecular flexibility index (Phi) is 7.88. The Morgan fingerprint density at radius 3 is 1.29 bits per heavy atom. The summed E-state index contributed by atoms with van der Waals surface area (Å²) in [4.78, 5) is 8.75. The molecule has 0 aliphatic carbocycles. The Morgan fingerprint density at radius 1 is 0.429 bits per heavy atom. The zero-order valence-electron chi connectivity index (χ0n) is 27.1. The molecule has 0 atom stereocenters. The number of rotatable bonds is 6. The van der Waals surface area contributed by atoms with E-state index in [1.807, 2.05) is 24.8 Å². The molecule has 49 heavy (non-hydrogen) atoms. The van der Waals surface area contributed by atoms with E-state index in [0.29, 0.717) is 0 Å². The van der Waals surface area contributed by atoms with Crippen molar-refractivity contribution in [1.82, 2.24) is 19.1 Å². The number of hydrogen-bond donors (Lipinski definition) is 0. The number of para-hydroxylation sites is 2. The molecule has 4 aromatic heterocycles. The van der Waals surface area contributed by atoms with E-state index in [1.165, 1.54) is 65.9 Å². The van der Waals surface area contributed by atoms with E-state index in [0.717, 1.165) is 17.8 Å². The molecule has 0 aliphatic rings. The highest BCUT2D eigenvalue weighted by Crippen LogP contribution is 2.33. The number of nitrogens with zero attached hydrogens (tertiary/aromatic N) is 4. The average molecular weight is 631 g/mol. The van der Waals surface area contributed by atoms with E-state index in [2.05, 4.69) is 166 Å². The van der Waals surface area contributed by atoms with Gasteiger partial charge in [-0.25, -0.2) is 0 Å². The zero-order valence-corrected chi connectivity index (χ0v) is 27.1. The smallest absolute Gasteiger partial charge is 0.0571 e. The predicted octanol–water partition coefficient (Wildman–Crippen LogP) is 11.3. The molecule has 0 amide bonds. The summed E-state index contributed by atoms with van der Waals surface area (Å²) in [6.45, 7) is 6.72. The van der Waals surface area contributed by atoms with Gasteiger partial charge in [-0.1, -0.05) is 110 Å². The van der Waals surface area contributed by atoms with Crippen LogP contribution in [0.4, 0.5) is 0 Å². The van der Waals surface area contributed by atoms with Gasteiger partial charge in [0.25, 0.3) is 0 Å². The molecule has 0 N–H and O–H groups in total. The maximum Gasteiger partial charge on any atom is 0.0571 e. The molecule has 4 heteroatoms. The van der Waals surface area contributed by atoms with E-state index in [1.54, 1.807) is 12.2 Å². The van der Waals surface area contributed by atoms with Gasteiger partial charge in [0.15, 0.2) is 0 Å². The Bertz CT molecular complexity index is 2470. The van der Waals surface area contributed by atoms with Gasteiger partial charge in [0.2, 0.25) is 0 Å². The Labute approximate surface area is 285 Å². The molecule has 9 rings (SSSR count). The second-order valence-electron chi connectivity index (χ2n) is 12.0. The Hall–Kier alpha value is -6.52. The Balaban J connectivity index is 0.000000829. The van der Waals surface area contributed by atoms with Crippen LogP contribution >= 0.6 is 0 Å². The third-order valence-corrected chi connectivity index (χ3v) is 9.13. The van der Waals surface area contributed by atoms with Crippen molar-refractivity contribution in [2.45, 2.75) is 6.42 Å². The number of pyridine rings is 2. The normalized spacial score (nSPS) is 11.1. The number of fused-ring (bicyclic) bond motifs is 6. The first-order valence-electron chi connectivity index (χ1n) is 16.4. The van der Waals surface area contributed by atoms with Crippen molar-refractivity contribution in [3.8, 4) is 22.5 Å². The number of allylic oxidation sites excluding steroid dienone is 2. The molecule has 0 bridgehead atoms. The standard InChI is InChI=1S/C41H28N4.C4H6/c1-3-7-38-34(5-1)36-26-42-23-21-40(36)44(38)32-17-11-29(12-18-32)25-28-9-13-30(14-10-28)31-15-19-33(20-16-31)45-39-8-4-2-6-35(39)37-27-43-24-22-41(37)45;1-3-4-2/h1-24,26-27H,25H2;3-4H,1-2H2. The monoisotopic (exact) mass is 630 g/mol. The van der Waals surface area contributed by atoms with Gasteiger partial charge in [-0.3, -0.25) is 9.97 Å². The molecule has 0 fully saturated rings. The Morgan fingerprint density at radius 2 is 0.816 bits per heavy atom. The van der Waals surface area contributed by atoms with Crippen LogP contribution in [-0.2, 0) is 6.42 Å². The van der Waals surface area contributed by atoms with Gasteiger partial charge in [-0.05, 0) is 77.2 Å². The molecule has 0 radical (unpaired) electrons. The minimum atomic E-state index is 0.888. The van der Waals surface area contributed by atoms with E-state index < -0.39 is 0 Å². The lowest BCUT2D eigenvalue weighted by Crippen LogP contribution is -1.95. The second kappa shape index (κ2) is 12.9. The van der Waals surface area contributed by atoms with Crippen LogP contribution in [0.5, 0.6) is 0 Å². The van der Waals surface area contributed by atoms with Gasteiger partial charge in [-0.15, -0.1) is 0 Å². The van der Waals surface area contributed by atoms with Crippen molar-refractivity contribution in [3.05, 3.63) is 195 Å². The summed E-state index contributed by atoms with van der Waals surface area (Å²) in [7, 11) is 0. The fourth-order valence-corrected chi connectivity index (χ4v) is 6.80. The van der Waals surface area contributed by atoms with Crippen LogP contribution in [0.2, 0.25) is 0 Å². The van der Waals surface area contributed by atoms with Crippen molar-refractivity contribution in [2.75, 3.05) is 0 Å². The molecule has 0 saturated carbocycles. The summed E-state index contributed by atoms with van der Waals surface area (Å²) >= 11 is 0. The molecule has 0 saturated heterocycles. The van der Waals surface area contributed by atoms with Crippen LogP contribution in [0.15, 0.2) is 184 Å². The van der Waals surface area contributed by atoms with E-state index in [9.17, 15) is 0 Å². The van der Waals surface area contributed by atoms with Gasteiger partial charge >= 0.3 is 0 Å². The van der Waals surface area contributed by atoms with Gasteiger partial charge in [-0.2, -0.15) is 0 Å². The molecule has 4 nitrogen and oxygen atoms in total. The van der Waals surface area contributed by atoms with Crippen molar-refractivity contribution in [2.24, 2.45) is 0 Å². The van der Waals surface area contributed by atoms with Gasteiger partial charge < -0.3 is 9.13 Å². The lowest BCUT2D eigenvalue weighted by atomic mass is 10.00. The van der Waals surface area contributed by atoms with Gasteiger partial charge in [0.05, 0.1) is 22.1 Å². The van der Waals surface area contributed by atoms with Crippen LogP contribution in [0.3, 0.4) is 0 Å². The third-order valence-electron chi connectivity index (χ3n) is 9.13. The van der Waals surface area contributed by atoms with E-state index in [-0.39, 0.29) is 0 Å². The molecule has 0 aliphatic heterocycles. The maximum absolute atomic E-state index is 4.38. The zero-order chi connectivity index (χ0) is 33.2. The number of hydrogen-bond acceptors (Lipinski definition) is 2. The van der Waals surface area contributed by atoms with Crippen molar-refractivity contribution in [1.29, 1.82) is 0 Å². The number of aromatic nitrogens is 4. The molecule has 9 aromatic rings. The molecule has 0 unspecified atom stereocenters. The fourth-order valence-electron chi connectivity index (χ4n) is 6.80. The predicted molar refractivity (Wildman–Crippen MR) is 206 cm³/mol. The fraction of sp³-hybridized carbons (Fsp3) is 0.0222. The first-order chi connectivity index (χ1) is 24.2. The summed E-state index contributed by atoms with van der Waals surface area (Å²) in [5.74, 6) is 0. The highest BCUT2D eigenvalue weighted by molar-refractivity contribution is 6.09. The largest absolute Gasteiger partial charge is 0.309 e. The lowest BCUT2D eigenvalue weighted by molar-refractivity contribution is 1.14. The maximum atomic E-state index is 4.38. The van der Waals surface area contributed by atoms with Gasteiger partial charge in [0, 0.05) is 57.7 Å². The highest BCUT2D eigenvalue weighted by Gasteiger charge is 2.13. The quantitative estimate of drug-likeness (QED) is 0.171. The SMILES string of the molecule is C=CC=C.c1ccc2c(c1)c1cnccc1n2-c1ccc(Cc2ccc(-c3ccc(-n4c5ccccc5c5cnccc54)cc3)cc2)cc1. The molecular weight excluding hydrogens is 597 g/mol. The highest BCUT2D eigenvalue weighted by atomic mass is 15.0. The lowest BCUT2D eigenvalue weighted by Gasteiger charge is -2.10. The van der Waals surface area contributed by atoms with E-state index >= 15 is 0 Å². The van der Waals surface area contributed by atoms with Gasteiger partial charge in [0.1, 0.15) is 0 Å². The van der Waals surface area contributed by atoms with Crippen molar-refractivity contribution < 1.29 is 0 Å². The summed E-state index contributed by atoms with van der Waals surface area (Å²) in [5.41, 5.74) is 12.1. The topological polar surface area (TPSA) is 35.6 Å². The first kappa shape index (κ1) is 29.9. The molecule has 4 heterocycles. The minimum Gasteiger partial charge on any atom is -0.309 e. The molecular formula is C45H34N4. The summed E-state index contributed by atoms with van der Waals surface area (Å²) < 4.78 is 4.65. The molecule has 234 valence electrons. The molecule has 5 aromatic carbocycles. The molecule has 0 spiro atoms. The summed E-state index contributed by atoms with van der Waals surface area (Å²) in [5, 5.41) is 4.80. The second-order valence-corrected chi connectivity index (χ2v) is 12.0. The minimum absolute atomic E-state index is 0.888. The summed E-state index contributed by atoms with van der Waals surface area (Å²) in [6, 6.07) is 48.0. The third kappa shape index (κ3) is 5.49. The van der Waals surface area contributed by atoms with Crippen LogP contribution in [0, 0.1) is 0 Å². The van der Waals surface area contributed by atoms with E-state index in [4.69, 9.17) is 0 Å². The van der Waals surface area contributed by atoms with Crippen LogP contribution in [0.1, 0.15) is 11.1 Å². The van der Waals surface area contributed by atoms with Crippen LogP contribution in [0.25, 0.3) is 66.1 Å². The average Bonchev–Trinajstić information content (AvgIpc) is 3.69. The van der Waals surface area contributed by atoms with Crippen molar-refractivity contribution in [3.63, 3.8) is 0 Å². The van der Waals surface area contributed by atoms with Crippen LogP contribution in [-0.4, -0.2) is 19.1 Å².